The molecule has 90 valence electrons. The molecule has 0 saturated carbocycles. The van der Waals surface area contributed by atoms with Gasteiger partial charge in [0.05, 0.1) is 5.02 Å². The Morgan fingerprint density at radius 1 is 1.38 bits per heavy atom. The maximum atomic E-state index is 12.0. The Hall–Kier alpha value is -0.940. The number of hydrogen-bond donors (Lipinski definition) is 2. The largest absolute Gasteiger partial charge is 0.506 e. The normalized spacial score (nSPS) is 13.8. The fourth-order valence-electron chi connectivity index (χ4n) is 1.31. The number of phenolic OH excluding ortho intramolecular Hbond substituents is 1. The first-order chi connectivity index (χ1) is 7.31. The molecule has 1 rings (SSSR count). The van der Waals surface area contributed by atoms with Gasteiger partial charge in [0, 0.05) is 18.0 Å². The van der Waals surface area contributed by atoms with Crippen molar-refractivity contribution in [1.82, 2.24) is 0 Å². The number of rotatable bonds is 3. The highest BCUT2D eigenvalue weighted by Crippen LogP contribution is 2.34. The van der Waals surface area contributed by atoms with E-state index in [2.05, 4.69) is 0 Å². The van der Waals surface area contributed by atoms with Crippen LogP contribution >= 0.6 is 11.6 Å². The second-order valence-electron chi connectivity index (χ2n) is 3.44. The van der Waals surface area contributed by atoms with Gasteiger partial charge in [-0.15, -0.1) is 0 Å². The van der Waals surface area contributed by atoms with E-state index in [4.69, 9.17) is 17.3 Å². The fourth-order valence-corrected chi connectivity index (χ4v) is 1.49. The Labute approximate surface area is 95.8 Å². The smallest absolute Gasteiger partial charge is 0.389 e. The third-order valence-electron chi connectivity index (χ3n) is 2.16. The summed E-state index contributed by atoms with van der Waals surface area (Å²) in [7, 11) is 0. The van der Waals surface area contributed by atoms with Gasteiger partial charge in [0.25, 0.3) is 0 Å². The van der Waals surface area contributed by atoms with Crippen molar-refractivity contribution in [1.29, 1.82) is 0 Å². The lowest BCUT2D eigenvalue weighted by molar-refractivity contribution is -0.136. The van der Waals surface area contributed by atoms with Gasteiger partial charge in [-0.3, -0.25) is 0 Å². The molecule has 16 heavy (non-hydrogen) atoms. The molecule has 0 heterocycles. The van der Waals surface area contributed by atoms with Gasteiger partial charge in [-0.2, -0.15) is 13.2 Å². The van der Waals surface area contributed by atoms with Crippen LogP contribution in [0.2, 0.25) is 5.02 Å². The molecule has 1 aromatic rings. The van der Waals surface area contributed by atoms with Crippen LogP contribution in [-0.4, -0.2) is 11.3 Å². The van der Waals surface area contributed by atoms with Crippen LogP contribution in [-0.2, 0) is 0 Å². The maximum absolute atomic E-state index is 12.0. The molecule has 0 fully saturated rings. The number of aromatic hydroxyl groups is 1. The lowest BCUT2D eigenvalue weighted by Gasteiger charge is -2.15. The van der Waals surface area contributed by atoms with E-state index in [0.717, 1.165) is 0 Å². The van der Waals surface area contributed by atoms with Crippen molar-refractivity contribution in [2.75, 3.05) is 0 Å². The topological polar surface area (TPSA) is 46.2 Å². The highest BCUT2D eigenvalue weighted by atomic mass is 35.5. The molecule has 0 aliphatic heterocycles. The molecule has 0 amide bonds. The number of hydrogen-bond acceptors (Lipinski definition) is 2. The van der Waals surface area contributed by atoms with Gasteiger partial charge in [-0.25, -0.2) is 0 Å². The number of benzene rings is 1. The van der Waals surface area contributed by atoms with Gasteiger partial charge in [-0.1, -0.05) is 23.7 Å². The predicted octanol–water partition coefficient (Wildman–Crippen LogP) is 3.39. The Kier molecular flexibility index (Phi) is 4.04. The number of phenols is 1. The number of halogens is 4. The van der Waals surface area contributed by atoms with Crippen molar-refractivity contribution < 1.29 is 18.3 Å². The quantitative estimate of drug-likeness (QED) is 0.867. The highest BCUT2D eigenvalue weighted by molar-refractivity contribution is 6.32. The zero-order valence-electron chi connectivity index (χ0n) is 8.26. The van der Waals surface area contributed by atoms with Crippen molar-refractivity contribution in [3.63, 3.8) is 0 Å². The Bertz CT molecular complexity index is 368. The van der Waals surface area contributed by atoms with Crippen molar-refractivity contribution in [3.05, 3.63) is 28.8 Å². The lowest BCUT2D eigenvalue weighted by atomic mass is 10.0. The molecule has 0 aliphatic carbocycles. The van der Waals surface area contributed by atoms with E-state index in [0.29, 0.717) is 0 Å². The summed E-state index contributed by atoms with van der Waals surface area (Å²) in [5.74, 6) is -0.251. The minimum absolute atomic E-state index is 0.0833. The van der Waals surface area contributed by atoms with Gasteiger partial charge in [-0.05, 0) is 12.5 Å². The Morgan fingerprint density at radius 3 is 2.56 bits per heavy atom. The number of nitrogens with two attached hydrogens (primary N) is 1. The van der Waals surface area contributed by atoms with E-state index in [1.54, 1.807) is 0 Å². The van der Waals surface area contributed by atoms with E-state index in [9.17, 15) is 18.3 Å². The molecule has 1 aromatic carbocycles. The molecule has 0 spiro atoms. The lowest BCUT2D eigenvalue weighted by Crippen LogP contribution is -2.15. The summed E-state index contributed by atoms with van der Waals surface area (Å²) in [5.41, 5.74) is 5.79. The zero-order chi connectivity index (χ0) is 12.3. The second kappa shape index (κ2) is 4.93. The van der Waals surface area contributed by atoms with Crippen LogP contribution in [0.1, 0.15) is 24.4 Å². The molecular formula is C10H11ClF3NO. The van der Waals surface area contributed by atoms with Gasteiger partial charge in [0.15, 0.2) is 0 Å². The average Bonchev–Trinajstić information content (AvgIpc) is 2.17. The number of alkyl halides is 3. The maximum Gasteiger partial charge on any atom is 0.389 e. The third kappa shape index (κ3) is 3.57. The average molecular weight is 254 g/mol. The van der Waals surface area contributed by atoms with Crippen molar-refractivity contribution in [2.45, 2.75) is 25.1 Å². The van der Waals surface area contributed by atoms with E-state index < -0.39 is 18.6 Å². The van der Waals surface area contributed by atoms with Crippen LogP contribution in [0.25, 0.3) is 0 Å². The standard InChI is InChI=1S/C10H11ClF3NO/c11-7-3-1-2-6(9(7)16)8(15)4-5-10(12,13)14/h1-3,8,16H,4-5,15H2/t8-/m0/s1. The molecule has 0 aliphatic rings. The first kappa shape index (κ1) is 13.1. The third-order valence-corrected chi connectivity index (χ3v) is 2.46. The van der Waals surface area contributed by atoms with Crippen LogP contribution in [0, 0.1) is 0 Å². The fraction of sp³-hybridized carbons (Fsp3) is 0.400. The molecule has 0 radical (unpaired) electrons. The summed E-state index contributed by atoms with van der Waals surface area (Å²) < 4.78 is 35.9. The van der Waals surface area contributed by atoms with Gasteiger partial charge in [0.2, 0.25) is 0 Å². The zero-order valence-corrected chi connectivity index (χ0v) is 9.02. The van der Waals surface area contributed by atoms with E-state index in [1.165, 1.54) is 18.2 Å². The summed E-state index contributed by atoms with van der Waals surface area (Å²) >= 11 is 5.62. The van der Waals surface area contributed by atoms with Crippen LogP contribution < -0.4 is 5.73 Å². The van der Waals surface area contributed by atoms with E-state index in [1.807, 2.05) is 0 Å². The minimum atomic E-state index is -4.24. The van der Waals surface area contributed by atoms with E-state index in [-0.39, 0.29) is 22.8 Å². The van der Waals surface area contributed by atoms with E-state index >= 15 is 0 Å². The Balaban J connectivity index is 2.73. The van der Waals surface area contributed by atoms with Gasteiger partial charge >= 0.3 is 6.18 Å². The predicted molar refractivity (Wildman–Crippen MR) is 55.3 cm³/mol. The summed E-state index contributed by atoms with van der Waals surface area (Å²) in [4.78, 5) is 0. The molecule has 2 nitrogen and oxygen atoms in total. The summed E-state index contributed by atoms with van der Waals surface area (Å²) in [6, 6.07) is 3.56. The van der Waals surface area contributed by atoms with Crippen LogP contribution in [0.15, 0.2) is 18.2 Å². The molecule has 0 saturated heterocycles. The second-order valence-corrected chi connectivity index (χ2v) is 3.85. The van der Waals surface area contributed by atoms with Crippen molar-refractivity contribution in [3.8, 4) is 5.75 Å². The van der Waals surface area contributed by atoms with Crippen LogP contribution in [0.4, 0.5) is 13.2 Å². The molecule has 0 bridgehead atoms. The molecule has 3 N–H and O–H groups in total. The first-order valence-corrected chi connectivity index (χ1v) is 4.99. The summed E-state index contributed by atoms with van der Waals surface area (Å²) in [5, 5.41) is 9.59. The summed E-state index contributed by atoms with van der Waals surface area (Å²) in [6.07, 6.45) is -5.51. The molecule has 0 unspecified atom stereocenters. The molecule has 0 aromatic heterocycles. The Morgan fingerprint density at radius 2 is 2.00 bits per heavy atom. The van der Waals surface area contributed by atoms with Crippen LogP contribution in [0.3, 0.4) is 0 Å². The van der Waals surface area contributed by atoms with Gasteiger partial charge in [0.1, 0.15) is 5.75 Å². The number of para-hydroxylation sites is 1. The minimum Gasteiger partial charge on any atom is -0.506 e. The SMILES string of the molecule is N[C@@H](CCC(F)(F)F)c1cccc(Cl)c1O. The van der Waals surface area contributed by atoms with Gasteiger partial charge < -0.3 is 10.8 Å². The highest BCUT2D eigenvalue weighted by Gasteiger charge is 2.28. The monoisotopic (exact) mass is 253 g/mol. The molecule has 6 heteroatoms. The van der Waals surface area contributed by atoms with Crippen molar-refractivity contribution in [2.24, 2.45) is 5.73 Å². The summed E-state index contributed by atoms with van der Waals surface area (Å²) in [6.45, 7) is 0. The van der Waals surface area contributed by atoms with Crippen molar-refractivity contribution >= 4 is 11.6 Å². The van der Waals surface area contributed by atoms with Crippen LogP contribution in [0.5, 0.6) is 5.75 Å². The molecular weight excluding hydrogens is 243 g/mol. The molecule has 1 atom stereocenters. The first-order valence-electron chi connectivity index (χ1n) is 4.61.